The number of alkyl halides is 2. The van der Waals surface area contributed by atoms with Gasteiger partial charge in [0.1, 0.15) is 29.9 Å². The number of carbonyl (C=O) groups excluding carboxylic acids is 1. The summed E-state index contributed by atoms with van der Waals surface area (Å²) in [5.41, 5.74) is 6.52. The number of methoxy groups -OCH3 is 1. The van der Waals surface area contributed by atoms with Crippen LogP contribution in [-0.4, -0.2) is 79.4 Å². The quantitative estimate of drug-likeness (QED) is 0.343. The third-order valence-electron chi connectivity index (χ3n) is 7.67. The van der Waals surface area contributed by atoms with Gasteiger partial charge in [0.15, 0.2) is 11.6 Å². The standard InChI is InChI=1S/C28H36ClF2N5O4/c1-15-23(22(16(2)32)17(3)37)34-24(20-8-19(6-7-21(20)29)40-10-18(38)9-33-4)35-25(15)36-13-27(14-36)11-28(12-27,39-5)26(30)31/h6-8,18,26,33,38H,9-14,32H2,1-5H3/t18-/m1/s1. The Hall–Kier alpha value is -2.86. The van der Waals surface area contributed by atoms with Crippen molar-refractivity contribution < 1.29 is 28.2 Å². The van der Waals surface area contributed by atoms with Gasteiger partial charge in [0.25, 0.3) is 6.43 Å². The number of anilines is 1. The number of Topliss-reactive ketones (excluding diaryl/α,β-unsaturated/α-hetero) is 1. The van der Waals surface area contributed by atoms with E-state index in [0.717, 1.165) is 0 Å². The zero-order valence-electron chi connectivity index (χ0n) is 23.4. The molecule has 0 unspecified atom stereocenters. The summed E-state index contributed by atoms with van der Waals surface area (Å²) in [6.45, 7) is 6.34. The number of ketones is 1. The highest BCUT2D eigenvalue weighted by molar-refractivity contribution is 6.33. The van der Waals surface area contributed by atoms with E-state index in [1.165, 1.54) is 14.0 Å². The highest BCUT2D eigenvalue weighted by Gasteiger charge is 2.64. The highest BCUT2D eigenvalue weighted by atomic mass is 35.5. The number of halogens is 3. The average Bonchev–Trinajstić information content (AvgIpc) is 2.83. The lowest BCUT2D eigenvalue weighted by Gasteiger charge is -2.63. The largest absolute Gasteiger partial charge is 0.491 e. The molecule has 0 bridgehead atoms. The fourth-order valence-corrected chi connectivity index (χ4v) is 6.00. The molecule has 218 valence electrons. The van der Waals surface area contributed by atoms with Gasteiger partial charge in [-0.2, -0.15) is 0 Å². The smallest absolute Gasteiger partial charge is 0.267 e. The number of hydrogen-bond donors (Lipinski definition) is 3. The molecule has 1 saturated heterocycles. The van der Waals surface area contributed by atoms with E-state index < -0.39 is 18.1 Å². The molecule has 4 N–H and O–H groups in total. The number of benzene rings is 1. The molecule has 1 saturated carbocycles. The van der Waals surface area contributed by atoms with Gasteiger partial charge in [-0.3, -0.25) is 4.79 Å². The van der Waals surface area contributed by atoms with Crippen molar-refractivity contribution in [2.45, 2.75) is 51.7 Å². The van der Waals surface area contributed by atoms with E-state index in [1.807, 2.05) is 11.8 Å². The van der Waals surface area contributed by atoms with E-state index in [1.54, 1.807) is 32.2 Å². The molecule has 9 nitrogen and oxygen atoms in total. The van der Waals surface area contributed by atoms with Gasteiger partial charge in [0.2, 0.25) is 0 Å². The molecule has 1 aromatic heterocycles. The van der Waals surface area contributed by atoms with Gasteiger partial charge < -0.3 is 30.5 Å². The van der Waals surface area contributed by atoms with Crippen LogP contribution in [-0.2, 0) is 9.53 Å². The van der Waals surface area contributed by atoms with Gasteiger partial charge >= 0.3 is 0 Å². The van der Waals surface area contributed by atoms with Gasteiger partial charge in [0, 0.05) is 49.0 Å². The Labute approximate surface area is 237 Å². The molecule has 1 aromatic carbocycles. The fraction of sp³-hybridized carbons (Fsp3) is 0.536. The average molecular weight is 580 g/mol. The molecule has 2 heterocycles. The number of likely N-dealkylation sites (N-methyl/N-ethyl adjacent to an activating group) is 1. The highest BCUT2D eigenvalue weighted by Crippen LogP contribution is 2.58. The number of nitrogens with one attached hydrogen (secondary N) is 1. The number of carbonyl (C=O) groups is 1. The van der Waals surface area contributed by atoms with Crippen molar-refractivity contribution in [1.82, 2.24) is 15.3 Å². The Kier molecular flexibility index (Phi) is 8.70. The van der Waals surface area contributed by atoms with Crippen molar-refractivity contribution in [3.63, 3.8) is 0 Å². The van der Waals surface area contributed by atoms with E-state index in [0.29, 0.717) is 58.7 Å². The minimum atomic E-state index is -2.55. The van der Waals surface area contributed by atoms with Gasteiger partial charge in [0.05, 0.1) is 16.3 Å². The topological polar surface area (TPSA) is 123 Å². The molecule has 12 heteroatoms. The van der Waals surface area contributed by atoms with E-state index in [9.17, 15) is 18.7 Å². The second-order valence-electron chi connectivity index (χ2n) is 10.9. The summed E-state index contributed by atoms with van der Waals surface area (Å²) < 4.78 is 38.2. The first-order valence-electron chi connectivity index (χ1n) is 13.1. The van der Waals surface area contributed by atoms with Gasteiger partial charge in [-0.15, -0.1) is 0 Å². The molecule has 2 aliphatic rings. The van der Waals surface area contributed by atoms with Crippen LogP contribution in [0.2, 0.25) is 5.02 Å². The summed E-state index contributed by atoms with van der Waals surface area (Å²) in [6, 6.07) is 5.01. The van der Waals surface area contributed by atoms with Crippen LogP contribution in [0.5, 0.6) is 5.75 Å². The van der Waals surface area contributed by atoms with E-state index in [-0.39, 0.29) is 42.0 Å². The maximum absolute atomic E-state index is 13.6. The fourth-order valence-electron chi connectivity index (χ4n) is 5.80. The third-order valence-corrected chi connectivity index (χ3v) is 8.00. The second-order valence-corrected chi connectivity index (χ2v) is 11.3. The second kappa shape index (κ2) is 11.6. The van der Waals surface area contributed by atoms with Crippen LogP contribution in [0.15, 0.2) is 23.9 Å². The lowest BCUT2D eigenvalue weighted by Crippen LogP contribution is -2.70. The summed E-state index contributed by atoms with van der Waals surface area (Å²) in [5.74, 6) is 1.04. The van der Waals surface area contributed by atoms with Crippen molar-refractivity contribution in [2.24, 2.45) is 11.1 Å². The van der Waals surface area contributed by atoms with Crippen molar-refractivity contribution in [2.75, 3.05) is 45.3 Å². The molecule has 2 aromatic rings. The van der Waals surface area contributed by atoms with Crippen LogP contribution >= 0.6 is 11.6 Å². The van der Waals surface area contributed by atoms with Crippen LogP contribution in [0.4, 0.5) is 14.6 Å². The maximum Gasteiger partial charge on any atom is 0.267 e. The zero-order valence-corrected chi connectivity index (χ0v) is 24.1. The van der Waals surface area contributed by atoms with E-state index in [2.05, 4.69) is 5.32 Å². The normalized spacial score (nSPS) is 18.7. The Morgan fingerprint density at radius 2 is 1.95 bits per heavy atom. The van der Waals surface area contributed by atoms with Gasteiger partial charge in [-0.1, -0.05) is 11.6 Å². The maximum atomic E-state index is 13.6. The molecular weight excluding hydrogens is 544 g/mol. The monoisotopic (exact) mass is 579 g/mol. The van der Waals surface area contributed by atoms with E-state index in [4.69, 9.17) is 36.8 Å². The van der Waals surface area contributed by atoms with Crippen molar-refractivity contribution in [1.29, 1.82) is 0 Å². The number of ether oxygens (including phenoxy) is 2. The van der Waals surface area contributed by atoms with Crippen LogP contribution < -0.4 is 20.7 Å². The summed E-state index contributed by atoms with van der Waals surface area (Å²) in [5, 5.41) is 13.3. The van der Waals surface area contributed by atoms with Crippen molar-refractivity contribution >= 4 is 28.8 Å². The van der Waals surface area contributed by atoms with Gasteiger partial charge in [-0.05, 0) is 58.9 Å². The Bertz CT molecular complexity index is 1300. The van der Waals surface area contributed by atoms with Crippen LogP contribution in [0.3, 0.4) is 0 Å². The number of nitrogens with two attached hydrogens (primary N) is 1. The third kappa shape index (κ3) is 5.65. The molecule has 1 atom stereocenters. The molecule has 2 fully saturated rings. The number of aromatic nitrogens is 2. The van der Waals surface area contributed by atoms with Crippen LogP contribution in [0.1, 0.15) is 37.9 Å². The number of hydrogen-bond acceptors (Lipinski definition) is 9. The minimum Gasteiger partial charge on any atom is -0.491 e. The summed E-state index contributed by atoms with van der Waals surface area (Å²) in [4.78, 5) is 24.2. The predicted octanol–water partition coefficient (Wildman–Crippen LogP) is 3.59. The Morgan fingerprint density at radius 3 is 2.50 bits per heavy atom. The first kappa shape index (κ1) is 30.1. The first-order chi connectivity index (χ1) is 18.8. The molecule has 1 spiro atoms. The first-order valence-corrected chi connectivity index (χ1v) is 13.4. The minimum absolute atomic E-state index is 0.0637. The molecule has 4 rings (SSSR count). The SMILES string of the molecule is CNC[C@@H](O)COc1ccc(Cl)c(-c2nc(C(C(C)=O)=C(C)N)c(C)c(N3CC4(C3)CC(OC)(C(F)F)C4)n2)c1. The lowest BCUT2D eigenvalue weighted by atomic mass is 9.55. The molecular formula is C28H36ClF2N5O4. The van der Waals surface area contributed by atoms with Crippen LogP contribution in [0.25, 0.3) is 17.0 Å². The Balaban J connectivity index is 1.72. The molecule has 0 amide bonds. The molecule has 0 radical (unpaired) electrons. The van der Waals surface area contributed by atoms with Crippen molar-refractivity contribution in [3.05, 3.63) is 40.2 Å². The molecule has 1 aliphatic heterocycles. The van der Waals surface area contributed by atoms with Crippen LogP contribution in [0, 0.1) is 12.3 Å². The zero-order chi connectivity index (χ0) is 29.4. The lowest BCUT2D eigenvalue weighted by molar-refractivity contribution is -0.225. The number of nitrogens with zero attached hydrogens (tertiary/aromatic N) is 3. The van der Waals surface area contributed by atoms with Crippen molar-refractivity contribution in [3.8, 4) is 17.1 Å². The molecule has 1 aliphatic carbocycles. The van der Waals surface area contributed by atoms with E-state index >= 15 is 0 Å². The number of allylic oxidation sites excluding steroid dienone is 2. The predicted molar refractivity (Wildman–Crippen MR) is 150 cm³/mol. The number of aliphatic hydroxyl groups is 1. The number of aliphatic hydroxyl groups excluding tert-OH is 1. The molecule has 40 heavy (non-hydrogen) atoms. The summed E-state index contributed by atoms with van der Waals surface area (Å²) in [7, 11) is 3.06. The van der Waals surface area contributed by atoms with Gasteiger partial charge in [-0.25, -0.2) is 18.7 Å². The summed E-state index contributed by atoms with van der Waals surface area (Å²) >= 11 is 6.58. The summed E-state index contributed by atoms with van der Waals surface area (Å²) in [6.07, 6.45) is -2.73. The number of rotatable bonds is 11. The Morgan fingerprint density at radius 1 is 1.27 bits per heavy atom.